The molecule has 6 nitrogen and oxygen atoms in total. The second-order valence-corrected chi connectivity index (χ2v) is 8.65. The number of carbonyl (C=O) groups is 3. The van der Waals surface area contributed by atoms with Crippen molar-refractivity contribution in [1.29, 1.82) is 0 Å². The average molecular weight is 362 g/mol. The van der Waals surface area contributed by atoms with Crippen molar-refractivity contribution in [2.45, 2.75) is 43.5 Å². The van der Waals surface area contributed by atoms with Gasteiger partial charge in [0.25, 0.3) is 0 Å². The molecule has 0 radical (unpaired) electrons. The van der Waals surface area contributed by atoms with Crippen LogP contribution in [0, 0.1) is 5.92 Å². The number of rotatable bonds is 5. The molecule has 3 rings (SSSR count). The summed E-state index contributed by atoms with van der Waals surface area (Å²) in [6.07, 6.45) is 0. The second-order valence-electron chi connectivity index (χ2n) is 6.88. The molecule has 2 heterocycles. The Balaban J connectivity index is 1.63. The SMILES string of the molecule is CC(=O)NC[C@@H]1N2C(=O)[C@@H](C(=O)OCc3ccccc3)[C@H]2SC1(C)C. The number of hydrogen-bond acceptors (Lipinski definition) is 5. The van der Waals surface area contributed by atoms with E-state index in [1.165, 1.54) is 6.92 Å². The van der Waals surface area contributed by atoms with Gasteiger partial charge in [0.1, 0.15) is 12.0 Å². The molecule has 134 valence electrons. The first-order valence-corrected chi connectivity index (χ1v) is 9.14. The van der Waals surface area contributed by atoms with Gasteiger partial charge in [-0.25, -0.2) is 0 Å². The number of benzene rings is 1. The van der Waals surface area contributed by atoms with Crippen molar-refractivity contribution in [2.24, 2.45) is 5.92 Å². The van der Waals surface area contributed by atoms with E-state index in [9.17, 15) is 14.4 Å². The molecule has 0 aliphatic carbocycles. The van der Waals surface area contributed by atoms with Crippen LogP contribution in [0.2, 0.25) is 0 Å². The predicted octanol–water partition coefficient (Wildman–Crippen LogP) is 1.54. The molecule has 1 aromatic rings. The van der Waals surface area contributed by atoms with Crippen LogP contribution in [0.3, 0.4) is 0 Å². The molecule has 3 atom stereocenters. The number of esters is 1. The van der Waals surface area contributed by atoms with Crippen molar-refractivity contribution < 1.29 is 19.1 Å². The standard InChI is InChI=1S/C18H22N2O4S/c1-11(21)19-9-13-18(2,3)25-16-14(15(22)20(13)16)17(23)24-10-12-7-5-4-6-8-12/h4-8,13-14,16H,9-10H2,1-3H3,(H,19,21)/t13-,14+,16+/m0/s1. The van der Waals surface area contributed by atoms with E-state index in [-0.39, 0.29) is 34.6 Å². The summed E-state index contributed by atoms with van der Waals surface area (Å²) in [5.74, 6) is -1.57. The van der Waals surface area contributed by atoms with Crippen molar-refractivity contribution in [1.82, 2.24) is 10.2 Å². The molecule has 2 fully saturated rings. The molecule has 1 aromatic carbocycles. The smallest absolute Gasteiger partial charge is 0.321 e. The molecule has 7 heteroatoms. The first-order chi connectivity index (χ1) is 11.8. The molecule has 0 spiro atoms. The Kier molecular flexibility index (Phi) is 4.77. The molecule has 2 amide bonds. The van der Waals surface area contributed by atoms with Crippen LogP contribution in [0.4, 0.5) is 0 Å². The van der Waals surface area contributed by atoms with Crippen LogP contribution in [0.5, 0.6) is 0 Å². The van der Waals surface area contributed by atoms with Gasteiger partial charge in [-0.05, 0) is 19.4 Å². The van der Waals surface area contributed by atoms with E-state index in [0.29, 0.717) is 6.54 Å². The lowest BCUT2D eigenvalue weighted by molar-refractivity contribution is -0.170. The second kappa shape index (κ2) is 6.71. The molecule has 1 N–H and O–H groups in total. The van der Waals surface area contributed by atoms with Crippen LogP contribution in [0.15, 0.2) is 30.3 Å². The van der Waals surface area contributed by atoms with Gasteiger partial charge in [-0.3, -0.25) is 14.4 Å². The Bertz CT molecular complexity index is 692. The van der Waals surface area contributed by atoms with E-state index >= 15 is 0 Å². The van der Waals surface area contributed by atoms with Crippen LogP contribution in [0.25, 0.3) is 0 Å². The zero-order valence-corrected chi connectivity index (χ0v) is 15.3. The van der Waals surface area contributed by atoms with E-state index < -0.39 is 11.9 Å². The van der Waals surface area contributed by atoms with Gasteiger partial charge in [-0.15, -0.1) is 11.8 Å². The maximum absolute atomic E-state index is 12.5. The number of fused-ring (bicyclic) bond motifs is 1. The number of nitrogens with zero attached hydrogens (tertiary/aromatic N) is 1. The normalized spacial score (nSPS) is 26.6. The molecule has 0 saturated carbocycles. The summed E-state index contributed by atoms with van der Waals surface area (Å²) < 4.78 is 5.10. The fourth-order valence-corrected chi connectivity index (χ4v) is 4.99. The van der Waals surface area contributed by atoms with Crippen molar-refractivity contribution in [3.63, 3.8) is 0 Å². The fraction of sp³-hybridized carbons (Fsp3) is 0.500. The third-order valence-electron chi connectivity index (χ3n) is 4.66. The molecule has 0 unspecified atom stereocenters. The minimum Gasteiger partial charge on any atom is -0.460 e. The Morgan fingerprint density at radius 1 is 1.28 bits per heavy atom. The van der Waals surface area contributed by atoms with Crippen molar-refractivity contribution >= 4 is 29.5 Å². The van der Waals surface area contributed by atoms with Crippen molar-refractivity contribution in [2.75, 3.05) is 6.54 Å². The number of amides is 2. The highest BCUT2D eigenvalue weighted by Crippen LogP contribution is 2.53. The lowest BCUT2D eigenvalue weighted by atomic mass is 9.91. The number of β-lactam (4-membered cyclic amide) rings is 1. The van der Waals surface area contributed by atoms with Crippen LogP contribution in [0.1, 0.15) is 26.3 Å². The van der Waals surface area contributed by atoms with Gasteiger partial charge in [0.15, 0.2) is 5.92 Å². The van der Waals surface area contributed by atoms with E-state index in [1.807, 2.05) is 44.2 Å². The molecular formula is C18H22N2O4S. The average Bonchev–Trinajstić information content (AvgIpc) is 2.79. The van der Waals surface area contributed by atoms with Crippen LogP contribution < -0.4 is 5.32 Å². The first kappa shape index (κ1) is 17.8. The van der Waals surface area contributed by atoms with Gasteiger partial charge in [0, 0.05) is 18.2 Å². The predicted molar refractivity (Wildman–Crippen MR) is 94.5 cm³/mol. The lowest BCUT2D eigenvalue weighted by Gasteiger charge is -2.43. The highest BCUT2D eigenvalue weighted by atomic mass is 32.2. The van der Waals surface area contributed by atoms with Crippen LogP contribution >= 0.6 is 11.8 Å². The summed E-state index contributed by atoms with van der Waals surface area (Å²) >= 11 is 1.59. The van der Waals surface area contributed by atoms with E-state index in [1.54, 1.807) is 16.7 Å². The van der Waals surface area contributed by atoms with Gasteiger partial charge in [0.2, 0.25) is 11.8 Å². The highest BCUT2D eigenvalue weighted by molar-refractivity contribution is 8.01. The molecule has 2 aliphatic heterocycles. The van der Waals surface area contributed by atoms with Crippen LogP contribution in [-0.4, -0.2) is 45.4 Å². The Morgan fingerprint density at radius 2 is 1.96 bits per heavy atom. The molecule has 0 aromatic heterocycles. The summed E-state index contributed by atoms with van der Waals surface area (Å²) in [5, 5.41) is 2.56. The van der Waals surface area contributed by atoms with E-state index in [0.717, 1.165) is 5.56 Å². The summed E-state index contributed by atoms with van der Waals surface area (Å²) in [6, 6.07) is 9.27. The van der Waals surface area contributed by atoms with Crippen LogP contribution in [-0.2, 0) is 25.7 Å². The van der Waals surface area contributed by atoms with Gasteiger partial charge in [-0.2, -0.15) is 0 Å². The summed E-state index contributed by atoms with van der Waals surface area (Å²) in [6.45, 7) is 6.07. The first-order valence-electron chi connectivity index (χ1n) is 8.26. The number of ether oxygens (including phenoxy) is 1. The maximum atomic E-state index is 12.5. The van der Waals surface area contributed by atoms with Gasteiger partial charge >= 0.3 is 5.97 Å². The number of nitrogens with one attached hydrogen (secondary N) is 1. The van der Waals surface area contributed by atoms with E-state index in [4.69, 9.17) is 4.74 Å². The Labute approximate surface area is 151 Å². The van der Waals surface area contributed by atoms with Gasteiger partial charge < -0.3 is 15.0 Å². The minimum atomic E-state index is -0.754. The highest BCUT2D eigenvalue weighted by Gasteiger charge is 2.64. The van der Waals surface area contributed by atoms with E-state index in [2.05, 4.69) is 5.32 Å². The third kappa shape index (κ3) is 3.38. The quantitative estimate of drug-likeness (QED) is 0.489. The van der Waals surface area contributed by atoms with Crippen molar-refractivity contribution in [3.8, 4) is 0 Å². The third-order valence-corrected chi connectivity index (χ3v) is 6.29. The number of thioether (sulfide) groups is 1. The van der Waals surface area contributed by atoms with Gasteiger partial charge in [-0.1, -0.05) is 30.3 Å². The largest absolute Gasteiger partial charge is 0.460 e. The summed E-state index contributed by atoms with van der Waals surface area (Å²) in [5.41, 5.74) is 0.891. The molecule has 0 bridgehead atoms. The molecule has 2 saturated heterocycles. The number of hydrogen-bond donors (Lipinski definition) is 1. The molecular weight excluding hydrogens is 340 g/mol. The maximum Gasteiger partial charge on any atom is 0.321 e. The fourth-order valence-electron chi connectivity index (χ4n) is 3.29. The monoisotopic (exact) mass is 362 g/mol. The Morgan fingerprint density at radius 3 is 2.60 bits per heavy atom. The summed E-state index contributed by atoms with van der Waals surface area (Å²) in [4.78, 5) is 37.8. The number of carbonyl (C=O) groups excluding carboxylic acids is 3. The zero-order valence-electron chi connectivity index (χ0n) is 14.5. The topological polar surface area (TPSA) is 75.7 Å². The zero-order chi connectivity index (χ0) is 18.2. The van der Waals surface area contributed by atoms with Gasteiger partial charge in [0.05, 0.1) is 6.04 Å². The van der Waals surface area contributed by atoms with Crippen molar-refractivity contribution in [3.05, 3.63) is 35.9 Å². The molecule has 2 aliphatic rings. The molecule has 25 heavy (non-hydrogen) atoms. The minimum absolute atomic E-state index is 0.128. The Hall–Kier alpha value is -2.02. The summed E-state index contributed by atoms with van der Waals surface area (Å²) in [7, 11) is 0. The lowest BCUT2D eigenvalue weighted by Crippen LogP contribution is -2.64.